The van der Waals surface area contributed by atoms with Gasteiger partial charge in [0.25, 0.3) is 5.78 Å². The maximum atomic E-state index is 12.3. The van der Waals surface area contributed by atoms with E-state index < -0.39 is 12.3 Å². The number of halogens is 4. The van der Waals surface area contributed by atoms with Crippen LogP contribution >= 0.6 is 11.6 Å². The summed E-state index contributed by atoms with van der Waals surface area (Å²) >= 11 is 5.62. The van der Waals surface area contributed by atoms with Crippen LogP contribution in [-0.4, -0.2) is 31.9 Å². The number of aromatic nitrogens is 4. The first-order valence-corrected chi connectivity index (χ1v) is 4.85. The molecule has 17 heavy (non-hydrogen) atoms. The minimum Gasteiger partial charge on any atom is -0.465 e. The van der Waals surface area contributed by atoms with Crippen molar-refractivity contribution < 1.29 is 17.9 Å². The van der Waals surface area contributed by atoms with Crippen molar-refractivity contribution in [2.75, 3.05) is 0 Å². The highest BCUT2D eigenvalue weighted by atomic mass is 35.5. The van der Waals surface area contributed by atoms with E-state index in [2.05, 4.69) is 15.1 Å². The lowest BCUT2D eigenvalue weighted by molar-refractivity contribution is -0.190. The number of hydrogen-bond donors (Lipinski definition) is 0. The predicted molar refractivity (Wildman–Crippen MR) is 51.9 cm³/mol. The van der Waals surface area contributed by atoms with Gasteiger partial charge in [-0.1, -0.05) is 11.6 Å². The molecule has 0 spiro atoms. The van der Waals surface area contributed by atoms with Crippen LogP contribution in [0.3, 0.4) is 0 Å². The molecule has 2 aromatic rings. The van der Waals surface area contributed by atoms with Crippen molar-refractivity contribution in [1.82, 2.24) is 19.6 Å². The van der Waals surface area contributed by atoms with Gasteiger partial charge in [0, 0.05) is 6.07 Å². The van der Waals surface area contributed by atoms with Crippen molar-refractivity contribution in [2.45, 2.75) is 19.2 Å². The van der Waals surface area contributed by atoms with E-state index in [-0.39, 0.29) is 16.8 Å². The van der Waals surface area contributed by atoms with Crippen molar-refractivity contribution in [3.63, 3.8) is 0 Å². The highest BCUT2D eigenvalue weighted by Crippen LogP contribution is 2.25. The first-order chi connectivity index (χ1) is 7.88. The Labute approximate surface area is 98.2 Å². The van der Waals surface area contributed by atoms with E-state index >= 15 is 0 Å². The largest absolute Gasteiger partial charge is 0.465 e. The van der Waals surface area contributed by atoms with Gasteiger partial charge >= 0.3 is 6.18 Å². The van der Waals surface area contributed by atoms with Gasteiger partial charge in [0.2, 0.25) is 5.88 Å². The summed E-state index contributed by atoms with van der Waals surface area (Å²) in [5, 5.41) is 3.67. The van der Waals surface area contributed by atoms with E-state index in [4.69, 9.17) is 16.3 Å². The first-order valence-electron chi connectivity index (χ1n) is 4.47. The number of hydrogen-bond acceptors (Lipinski definition) is 4. The first kappa shape index (κ1) is 11.9. The number of rotatable bonds is 2. The summed E-state index contributed by atoms with van der Waals surface area (Å²) in [7, 11) is 0. The van der Waals surface area contributed by atoms with Gasteiger partial charge in [-0.2, -0.15) is 32.8 Å². The zero-order valence-electron chi connectivity index (χ0n) is 8.44. The highest BCUT2D eigenvalue weighted by molar-refractivity contribution is 6.29. The normalized spacial score (nSPS) is 13.9. The minimum absolute atomic E-state index is 0.0186. The monoisotopic (exact) mass is 266 g/mol. The predicted octanol–water partition coefficient (Wildman–Crippen LogP) is 2.11. The Hall–Kier alpha value is -1.57. The van der Waals surface area contributed by atoms with E-state index in [9.17, 15) is 13.2 Å². The Morgan fingerprint density at radius 1 is 1.47 bits per heavy atom. The topological polar surface area (TPSA) is 52.3 Å². The third kappa shape index (κ3) is 2.41. The van der Waals surface area contributed by atoms with Gasteiger partial charge < -0.3 is 4.74 Å². The quantitative estimate of drug-likeness (QED) is 0.781. The molecule has 0 saturated heterocycles. The molecule has 5 nitrogen and oxygen atoms in total. The molecule has 92 valence electrons. The minimum atomic E-state index is -4.47. The Morgan fingerprint density at radius 2 is 2.18 bits per heavy atom. The molecule has 0 radical (unpaired) electrons. The highest BCUT2D eigenvalue weighted by Gasteiger charge is 2.38. The van der Waals surface area contributed by atoms with Gasteiger partial charge in [0.05, 0.1) is 0 Å². The molecule has 0 aliphatic heterocycles. The maximum Gasteiger partial charge on any atom is 0.425 e. The molecule has 2 aromatic heterocycles. The maximum absolute atomic E-state index is 12.3. The van der Waals surface area contributed by atoms with E-state index in [1.807, 2.05) is 0 Å². The average molecular weight is 267 g/mol. The van der Waals surface area contributed by atoms with Crippen LogP contribution in [0.15, 0.2) is 12.4 Å². The molecule has 0 aliphatic carbocycles. The fourth-order valence-corrected chi connectivity index (χ4v) is 1.26. The molecule has 0 N–H and O–H groups in total. The second-order valence-electron chi connectivity index (χ2n) is 3.19. The van der Waals surface area contributed by atoms with Gasteiger partial charge in [0.15, 0.2) is 6.10 Å². The van der Waals surface area contributed by atoms with Crippen molar-refractivity contribution >= 4 is 17.4 Å². The fraction of sp³-hybridized carbons (Fsp3) is 0.375. The molecule has 0 aromatic carbocycles. The summed E-state index contributed by atoms with van der Waals surface area (Å²) in [4.78, 5) is 7.46. The molecule has 0 bridgehead atoms. The van der Waals surface area contributed by atoms with Crippen LogP contribution < -0.4 is 4.74 Å². The van der Waals surface area contributed by atoms with Crippen molar-refractivity contribution in [1.29, 1.82) is 0 Å². The summed E-state index contributed by atoms with van der Waals surface area (Å²) in [6, 6.07) is 1.14. The summed E-state index contributed by atoms with van der Waals surface area (Å²) in [5.74, 6) is -0.0933. The smallest absolute Gasteiger partial charge is 0.425 e. The Balaban J connectivity index is 2.38. The van der Waals surface area contributed by atoms with Crippen LogP contribution in [-0.2, 0) is 0 Å². The van der Waals surface area contributed by atoms with Crippen molar-refractivity contribution in [3.8, 4) is 5.88 Å². The lowest BCUT2D eigenvalue weighted by Crippen LogP contribution is -2.31. The van der Waals surface area contributed by atoms with E-state index in [1.165, 1.54) is 0 Å². The molecule has 0 saturated carbocycles. The lowest BCUT2D eigenvalue weighted by Gasteiger charge is -2.17. The zero-order valence-corrected chi connectivity index (χ0v) is 9.20. The van der Waals surface area contributed by atoms with Gasteiger partial charge in [-0.25, -0.2) is 0 Å². The third-order valence-corrected chi connectivity index (χ3v) is 2.14. The summed E-state index contributed by atoms with van der Waals surface area (Å²) in [6.07, 6.45) is -5.31. The zero-order chi connectivity index (χ0) is 12.6. The van der Waals surface area contributed by atoms with Crippen LogP contribution in [0.4, 0.5) is 13.2 Å². The molecule has 0 amide bonds. The van der Waals surface area contributed by atoms with E-state index in [0.717, 1.165) is 23.8 Å². The second kappa shape index (κ2) is 4.02. The van der Waals surface area contributed by atoms with E-state index in [0.29, 0.717) is 0 Å². The van der Waals surface area contributed by atoms with Crippen LogP contribution in [0.1, 0.15) is 6.92 Å². The molecule has 1 unspecified atom stereocenters. The number of ether oxygens (including phenoxy) is 1. The Bertz CT molecular complexity index is 541. The van der Waals surface area contributed by atoms with Crippen LogP contribution in [0, 0.1) is 0 Å². The molecule has 9 heteroatoms. The summed E-state index contributed by atoms with van der Waals surface area (Å²) < 4.78 is 42.8. The van der Waals surface area contributed by atoms with Gasteiger partial charge in [0.1, 0.15) is 11.5 Å². The fourth-order valence-electron chi connectivity index (χ4n) is 1.09. The van der Waals surface area contributed by atoms with E-state index in [1.54, 1.807) is 0 Å². The van der Waals surface area contributed by atoms with Crippen molar-refractivity contribution in [2.24, 2.45) is 0 Å². The molecule has 0 aliphatic rings. The summed E-state index contributed by atoms with van der Waals surface area (Å²) in [6.45, 7) is 0.886. The molecule has 2 rings (SSSR count). The number of fused-ring (bicyclic) bond motifs is 1. The Kier molecular flexibility index (Phi) is 2.82. The summed E-state index contributed by atoms with van der Waals surface area (Å²) in [5.41, 5.74) is 0. The number of nitrogens with zero attached hydrogens (tertiary/aromatic N) is 4. The lowest BCUT2D eigenvalue weighted by atomic mass is 10.4. The number of alkyl halides is 3. The van der Waals surface area contributed by atoms with Gasteiger partial charge in [-0.15, -0.1) is 0 Å². The molecular weight excluding hydrogens is 261 g/mol. The van der Waals surface area contributed by atoms with Gasteiger partial charge in [-0.3, -0.25) is 0 Å². The molecule has 0 fully saturated rings. The Morgan fingerprint density at radius 3 is 2.82 bits per heavy atom. The standard InChI is InChI=1S/C8H6ClF3N4O/c1-4(8(10,11)12)17-6-2-5(9)15-7-13-3-14-16(6)7/h2-4H,1H3. The van der Waals surface area contributed by atoms with Crippen LogP contribution in [0.2, 0.25) is 5.15 Å². The molecule has 2 heterocycles. The van der Waals surface area contributed by atoms with Gasteiger partial charge in [-0.05, 0) is 6.92 Å². The van der Waals surface area contributed by atoms with Crippen molar-refractivity contribution in [3.05, 3.63) is 17.5 Å². The average Bonchev–Trinajstić information content (AvgIpc) is 2.63. The second-order valence-corrected chi connectivity index (χ2v) is 3.58. The SMILES string of the molecule is CC(Oc1cc(Cl)nc2ncnn12)C(F)(F)F. The van der Waals surface area contributed by atoms with Crippen LogP contribution in [0.25, 0.3) is 5.78 Å². The third-order valence-electron chi connectivity index (χ3n) is 1.95. The molecular formula is C8H6ClF3N4O. The molecule has 1 atom stereocenters. The van der Waals surface area contributed by atoms with Crippen LogP contribution in [0.5, 0.6) is 5.88 Å².